The number of hydrogen-bond donors (Lipinski definition) is 1. The lowest BCUT2D eigenvalue weighted by molar-refractivity contribution is -0.385. The lowest BCUT2D eigenvalue weighted by Crippen LogP contribution is -2.50. The fraction of sp³-hybridized carbons (Fsp3) is 0.500. The molecule has 20 heavy (non-hydrogen) atoms. The van der Waals surface area contributed by atoms with Crippen LogP contribution in [0.15, 0.2) is 18.2 Å². The zero-order valence-electron chi connectivity index (χ0n) is 11.7. The Kier molecular flexibility index (Phi) is 3.91. The van der Waals surface area contributed by atoms with Crippen molar-refractivity contribution in [1.82, 2.24) is 5.32 Å². The first-order valence-electron chi connectivity index (χ1n) is 6.61. The second-order valence-corrected chi connectivity index (χ2v) is 5.37. The van der Waals surface area contributed by atoms with Crippen LogP contribution >= 0.6 is 0 Å². The Bertz CT molecular complexity index is 557. The van der Waals surface area contributed by atoms with Crippen LogP contribution in [0.25, 0.3) is 0 Å². The summed E-state index contributed by atoms with van der Waals surface area (Å²) in [4.78, 5) is 12.5. The van der Waals surface area contributed by atoms with E-state index in [0.29, 0.717) is 0 Å². The van der Waals surface area contributed by atoms with Gasteiger partial charge >= 0.3 is 0 Å². The van der Waals surface area contributed by atoms with Gasteiger partial charge in [0.15, 0.2) is 0 Å². The standard InChI is InChI=1S/C14H18N4O2/c1-14(16-2)5-7-17(8-6-14)12-3-4-13(18(19)20)11(9-12)10-15/h3-4,9,16H,5-8H2,1-2H3. The average Bonchev–Trinajstić information content (AvgIpc) is 2.47. The minimum atomic E-state index is -0.517. The summed E-state index contributed by atoms with van der Waals surface area (Å²) in [5.41, 5.74) is 1.02. The fourth-order valence-corrected chi connectivity index (χ4v) is 2.48. The van der Waals surface area contributed by atoms with E-state index in [2.05, 4.69) is 17.1 Å². The van der Waals surface area contributed by atoms with Gasteiger partial charge in [0, 0.05) is 30.4 Å². The highest BCUT2D eigenvalue weighted by atomic mass is 16.6. The summed E-state index contributed by atoms with van der Waals surface area (Å²) in [5, 5.41) is 23.2. The van der Waals surface area contributed by atoms with Gasteiger partial charge < -0.3 is 10.2 Å². The molecule has 1 aliphatic rings. The Morgan fingerprint density at radius 1 is 1.45 bits per heavy atom. The molecule has 1 aliphatic heterocycles. The summed E-state index contributed by atoms with van der Waals surface area (Å²) in [6.45, 7) is 3.95. The van der Waals surface area contributed by atoms with Crippen molar-refractivity contribution in [3.8, 4) is 6.07 Å². The predicted molar refractivity (Wildman–Crippen MR) is 76.7 cm³/mol. The molecule has 0 amide bonds. The van der Waals surface area contributed by atoms with Crippen LogP contribution in [-0.2, 0) is 0 Å². The van der Waals surface area contributed by atoms with Gasteiger partial charge in [0.25, 0.3) is 5.69 Å². The summed E-state index contributed by atoms with van der Waals surface area (Å²) in [6, 6.07) is 6.65. The molecule has 0 aliphatic carbocycles. The van der Waals surface area contributed by atoms with Gasteiger partial charge in [-0.3, -0.25) is 10.1 Å². The molecule has 0 unspecified atom stereocenters. The number of rotatable bonds is 3. The second-order valence-electron chi connectivity index (χ2n) is 5.37. The monoisotopic (exact) mass is 274 g/mol. The smallest absolute Gasteiger partial charge is 0.287 e. The molecule has 1 N–H and O–H groups in total. The summed E-state index contributed by atoms with van der Waals surface area (Å²) >= 11 is 0. The van der Waals surface area contributed by atoms with E-state index < -0.39 is 4.92 Å². The Balaban J connectivity index is 2.19. The van der Waals surface area contributed by atoms with Gasteiger partial charge in [-0.25, -0.2) is 0 Å². The van der Waals surface area contributed by atoms with Crippen LogP contribution in [-0.4, -0.2) is 30.6 Å². The van der Waals surface area contributed by atoms with Crippen molar-refractivity contribution < 1.29 is 4.92 Å². The number of benzene rings is 1. The number of anilines is 1. The van der Waals surface area contributed by atoms with Gasteiger partial charge in [0.2, 0.25) is 0 Å². The van der Waals surface area contributed by atoms with Gasteiger partial charge in [0.05, 0.1) is 4.92 Å². The average molecular weight is 274 g/mol. The molecule has 0 atom stereocenters. The number of piperidine rings is 1. The molecule has 1 heterocycles. The zero-order chi connectivity index (χ0) is 14.8. The van der Waals surface area contributed by atoms with Crippen molar-refractivity contribution in [2.75, 3.05) is 25.0 Å². The number of nitro groups is 1. The Morgan fingerprint density at radius 2 is 2.10 bits per heavy atom. The minimum Gasteiger partial charge on any atom is -0.371 e. The molecule has 106 valence electrons. The molecular weight excluding hydrogens is 256 g/mol. The van der Waals surface area contributed by atoms with E-state index in [1.54, 1.807) is 12.1 Å². The van der Waals surface area contributed by atoms with E-state index in [0.717, 1.165) is 31.6 Å². The van der Waals surface area contributed by atoms with Crippen LogP contribution in [0.1, 0.15) is 25.3 Å². The van der Waals surface area contributed by atoms with Crippen molar-refractivity contribution in [3.63, 3.8) is 0 Å². The molecule has 6 nitrogen and oxygen atoms in total. The van der Waals surface area contributed by atoms with E-state index in [1.165, 1.54) is 6.07 Å². The van der Waals surface area contributed by atoms with Gasteiger partial charge in [-0.1, -0.05) is 0 Å². The number of nitrogens with one attached hydrogen (secondary N) is 1. The maximum Gasteiger partial charge on any atom is 0.287 e. The Hall–Kier alpha value is -2.13. The molecule has 0 spiro atoms. The fourth-order valence-electron chi connectivity index (χ4n) is 2.48. The van der Waals surface area contributed by atoms with Crippen molar-refractivity contribution in [2.24, 2.45) is 0 Å². The molecule has 0 radical (unpaired) electrons. The van der Waals surface area contributed by atoms with Crippen LogP contribution in [0.5, 0.6) is 0 Å². The van der Waals surface area contributed by atoms with Gasteiger partial charge in [0.1, 0.15) is 11.6 Å². The molecule has 0 aromatic heterocycles. The Morgan fingerprint density at radius 3 is 2.60 bits per heavy atom. The maximum atomic E-state index is 10.8. The summed E-state index contributed by atoms with van der Waals surface area (Å²) in [7, 11) is 1.97. The van der Waals surface area contributed by atoms with E-state index >= 15 is 0 Å². The first kappa shape index (κ1) is 14.3. The van der Waals surface area contributed by atoms with E-state index in [4.69, 9.17) is 5.26 Å². The molecule has 1 fully saturated rings. The number of nitrogens with zero attached hydrogens (tertiary/aromatic N) is 3. The summed E-state index contributed by atoms with van der Waals surface area (Å²) < 4.78 is 0. The third-order valence-corrected chi connectivity index (χ3v) is 4.13. The van der Waals surface area contributed by atoms with Crippen LogP contribution < -0.4 is 10.2 Å². The van der Waals surface area contributed by atoms with Gasteiger partial charge in [-0.15, -0.1) is 0 Å². The normalized spacial score (nSPS) is 17.6. The highest BCUT2D eigenvalue weighted by molar-refractivity contribution is 5.60. The van der Waals surface area contributed by atoms with Crippen molar-refractivity contribution in [2.45, 2.75) is 25.3 Å². The van der Waals surface area contributed by atoms with E-state index in [1.807, 2.05) is 13.1 Å². The van der Waals surface area contributed by atoms with Crippen molar-refractivity contribution in [3.05, 3.63) is 33.9 Å². The topological polar surface area (TPSA) is 82.2 Å². The number of nitriles is 1. The molecule has 0 bridgehead atoms. The molecule has 0 saturated carbocycles. The third-order valence-electron chi connectivity index (χ3n) is 4.13. The lowest BCUT2D eigenvalue weighted by atomic mass is 9.89. The molecule has 6 heteroatoms. The Labute approximate surface area is 118 Å². The first-order valence-corrected chi connectivity index (χ1v) is 6.61. The first-order chi connectivity index (χ1) is 9.49. The number of nitro benzene ring substituents is 1. The van der Waals surface area contributed by atoms with Crippen molar-refractivity contribution >= 4 is 11.4 Å². The largest absolute Gasteiger partial charge is 0.371 e. The third kappa shape index (κ3) is 2.73. The van der Waals surface area contributed by atoms with Gasteiger partial charge in [-0.2, -0.15) is 5.26 Å². The number of hydrogen-bond acceptors (Lipinski definition) is 5. The maximum absolute atomic E-state index is 10.8. The van der Waals surface area contributed by atoms with Crippen molar-refractivity contribution in [1.29, 1.82) is 5.26 Å². The minimum absolute atomic E-state index is 0.120. The van der Waals surface area contributed by atoms with Crippen LogP contribution in [0.2, 0.25) is 0 Å². The molecule has 1 aromatic carbocycles. The highest BCUT2D eigenvalue weighted by Crippen LogP contribution is 2.29. The van der Waals surface area contributed by atoms with Crippen LogP contribution in [0.3, 0.4) is 0 Å². The second kappa shape index (κ2) is 5.47. The quantitative estimate of drug-likeness (QED) is 0.673. The molecule has 1 aromatic rings. The van der Waals surface area contributed by atoms with Gasteiger partial charge in [-0.05, 0) is 38.9 Å². The molecule has 1 saturated heterocycles. The zero-order valence-corrected chi connectivity index (χ0v) is 11.7. The lowest BCUT2D eigenvalue weighted by Gasteiger charge is -2.40. The van der Waals surface area contributed by atoms with E-state index in [9.17, 15) is 10.1 Å². The highest BCUT2D eigenvalue weighted by Gasteiger charge is 2.28. The summed E-state index contributed by atoms with van der Waals surface area (Å²) in [6.07, 6.45) is 2.00. The van der Waals surface area contributed by atoms with E-state index in [-0.39, 0.29) is 16.8 Å². The summed E-state index contributed by atoms with van der Waals surface area (Å²) in [5.74, 6) is 0. The van der Waals surface area contributed by atoms with Crippen LogP contribution in [0.4, 0.5) is 11.4 Å². The van der Waals surface area contributed by atoms with Crippen LogP contribution in [0, 0.1) is 21.4 Å². The SMILES string of the molecule is CNC1(C)CCN(c2ccc([N+](=O)[O-])c(C#N)c2)CC1. The molecule has 2 rings (SSSR count). The predicted octanol–water partition coefficient (Wildman–Crippen LogP) is 2.04. The molecular formula is C14H18N4O2.